The van der Waals surface area contributed by atoms with Crippen molar-refractivity contribution in [1.82, 2.24) is 0 Å². The lowest BCUT2D eigenvalue weighted by atomic mass is 9.96. The van der Waals surface area contributed by atoms with Gasteiger partial charge in [0.1, 0.15) is 18.3 Å². The van der Waals surface area contributed by atoms with E-state index >= 15 is 0 Å². The van der Waals surface area contributed by atoms with Gasteiger partial charge in [-0.05, 0) is 18.1 Å². The van der Waals surface area contributed by atoms with Crippen molar-refractivity contribution in [2.24, 2.45) is 5.92 Å². The van der Waals surface area contributed by atoms with Crippen LogP contribution in [0.3, 0.4) is 0 Å². The van der Waals surface area contributed by atoms with Crippen molar-refractivity contribution in [3.63, 3.8) is 0 Å². The number of para-hydroxylation sites is 1. The molecule has 1 unspecified atom stereocenters. The largest absolute Gasteiger partial charge is 0.486 e. The third kappa shape index (κ3) is 1.91. The minimum Gasteiger partial charge on any atom is -0.486 e. The Morgan fingerprint density at radius 2 is 2.19 bits per heavy atom. The van der Waals surface area contributed by atoms with E-state index in [-0.39, 0.29) is 12.4 Å². The van der Waals surface area contributed by atoms with Crippen LogP contribution in [0.4, 0.5) is 0 Å². The van der Waals surface area contributed by atoms with Gasteiger partial charge >= 0.3 is 5.97 Å². The normalized spacial score (nSPS) is 19.3. The molecule has 1 aliphatic rings. The summed E-state index contributed by atoms with van der Waals surface area (Å²) in [7, 11) is 1.28. The van der Waals surface area contributed by atoms with E-state index in [0.29, 0.717) is 12.2 Å². The summed E-state index contributed by atoms with van der Waals surface area (Å²) in [6.45, 7) is -0.0726. The standard InChI is InChI=1S/C12H12O4/c1-15-12(14)9-6-8-4-2-3-5-11(8)16-7-10(9)13/h2-5,9H,6-7H2,1H3. The summed E-state index contributed by atoms with van der Waals surface area (Å²) in [4.78, 5) is 23.1. The van der Waals surface area contributed by atoms with Crippen LogP contribution in [-0.4, -0.2) is 25.5 Å². The van der Waals surface area contributed by atoms with E-state index in [4.69, 9.17) is 4.74 Å². The maximum atomic E-state index is 11.7. The molecule has 1 aliphatic heterocycles. The number of rotatable bonds is 1. The first kappa shape index (κ1) is 10.7. The molecule has 0 radical (unpaired) electrons. The molecule has 0 amide bonds. The third-order valence-corrected chi connectivity index (χ3v) is 2.64. The lowest BCUT2D eigenvalue weighted by molar-refractivity contribution is -0.149. The molecule has 0 spiro atoms. The number of fused-ring (bicyclic) bond motifs is 1. The van der Waals surface area contributed by atoms with E-state index in [0.717, 1.165) is 5.56 Å². The summed E-state index contributed by atoms with van der Waals surface area (Å²) in [5, 5.41) is 0. The van der Waals surface area contributed by atoms with Crippen LogP contribution in [0.2, 0.25) is 0 Å². The van der Waals surface area contributed by atoms with Gasteiger partial charge in [-0.3, -0.25) is 9.59 Å². The number of Topliss-reactive ketones (excluding diaryl/α,β-unsaturated/α-hetero) is 1. The minimum absolute atomic E-state index is 0.0726. The predicted octanol–water partition coefficient (Wildman–Crippen LogP) is 0.980. The molecule has 4 nitrogen and oxygen atoms in total. The van der Waals surface area contributed by atoms with Gasteiger partial charge in [-0.2, -0.15) is 0 Å². The van der Waals surface area contributed by atoms with Crippen LogP contribution in [0, 0.1) is 5.92 Å². The molecule has 0 saturated heterocycles. The second kappa shape index (κ2) is 4.35. The Morgan fingerprint density at radius 3 is 2.94 bits per heavy atom. The molecule has 0 aliphatic carbocycles. The molecule has 1 atom stereocenters. The van der Waals surface area contributed by atoms with Crippen LogP contribution in [-0.2, 0) is 20.7 Å². The van der Waals surface area contributed by atoms with E-state index < -0.39 is 11.9 Å². The second-order valence-electron chi connectivity index (χ2n) is 3.64. The molecule has 1 heterocycles. The predicted molar refractivity (Wildman–Crippen MR) is 56.2 cm³/mol. The van der Waals surface area contributed by atoms with Crippen LogP contribution < -0.4 is 4.74 Å². The smallest absolute Gasteiger partial charge is 0.316 e. The topological polar surface area (TPSA) is 52.6 Å². The van der Waals surface area contributed by atoms with Crippen molar-refractivity contribution < 1.29 is 19.1 Å². The molecular weight excluding hydrogens is 208 g/mol. The van der Waals surface area contributed by atoms with Crippen molar-refractivity contribution in [2.45, 2.75) is 6.42 Å². The number of hydrogen-bond acceptors (Lipinski definition) is 4. The van der Waals surface area contributed by atoms with Gasteiger partial charge in [-0.15, -0.1) is 0 Å². The Balaban J connectivity index is 2.31. The molecule has 1 aromatic rings. The van der Waals surface area contributed by atoms with Gasteiger partial charge in [0.15, 0.2) is 5.78 Å². The van der Waals surface area contributed by atoms with E-state index in [1.165, 1.54) is 7.11 Å². The quantitative estimate of drug-likeness (QED) is 0.523. The van der Waals surface area contributed by atoms with Crippen LogP contribution in [0.5, 0.6) is 5.75 Å². The van der Waals surface area contributed by atoms with Gasteiger partial charge in [-0.1, -0.05) is 18.2 Å². The average Bonchev–Trinajstić information content (AvgIpc) is 2.48. The molecule has 2 rings (SSSR count). The minimum atomic E-state index is -0.742. The van der Waals surface area contributed by atoms with Gasteiger partial charge in [0, 0.05) is 0 Å². The number of hydrogen-bond donors (Lipinski definition) is 0. The van der Waals surface area contributed by atoms with Crippen LogP contribution in [0.1, 0.15) is 5.56 Å². The molecule has 0 aromatic heterocycles. The number of methoxy groups -OCH3 is 1. The number of carbonyl (C=O) groups excluding carboxylic acids is 2. The number of benzene rings is 1. The summed E-state index contributed by atoms with van der Waals surface area (Å²) in [6, 6.07) is 7.33. The van der Waals surface area contributed by atoms with Gasteiger partial charge in [-0.25, -0.2) is 0 Å². The van der Waals surface area contributed by atoms with Gasteiger partial charge in [0.2, 0.25) is 0 Å². The molecule has 1 aromatic carbocycles. The van der Waals surface area contributed by atoms with E-state index in [2.05, 4.69) is 4.74 Å². The SMILES string of the molecule is COC(=O)C1Cc2ccccc2OCC1=O. The van der Waals surface area contributed by atoms with E-state index in [1.54, 1.807) is 6.07 Å². The number of ketones is 1. The van der Waals surface area contributed by atoms with Crippen LogP contribution in [0.25, 0.3) is 0 Å². The highest BCUT2D eigenvalue weighted by molar-refractivity contribution is 6.00. The van der Waals surface area contributed by atoms with Gasteiger partial charge in [0.25, 0.3) is 0 Å². The molecule has 0 bridgehead atoms. The monoisotopic (exact) mass is 220 g/mol. The fraction of sp³-hybridized carbons (Fsp3) is 0.333. The Kier molecular flexibility index (Phi) is 2.90. The Hall–Kier alpha value is -1.84. The molecule has 0 fully saturated rings. The molecular formula is C12H12O4. The van der Waals surface area contributed by atoms with Crippen LogP contribution >= 0.6 is 0 Å². The highest BCUT2D eigenvalue weighted by atomic mass is 16.5. The summed E-state index contributed by atoms with van der Waals surface area (Å²) in [5.41, 5.74) is 0.865. The lowest BCUT2D eigenvalue weighted by Crippen LogP contribution is -2.29. The second-order valence-corrected chi connectivity index (χ2v) is 3.64. The van der Waals surface area contributed by atoms with E-state index in [1.807, 2.05) is 18.2 Å². The van der Waals surface area contributed by atoms with Crippen molar-refractivity contribution >= 4 is 11.8 Å². The maximum absolute atomic E-state index is 11.7. The van der Waals surface area contributed by atoms with Gasteiger partial charge in [0.05, 0.1) is 7.11 Å². The fourth-order valence-electron chi connectivity index (χ4n) is 1.75. The zero-order chi connectivity index (χ0) is 11.5. The first-order valence-electron chi connectivity index (χ1n) is 5.03. The Morgan fingerprint density at radius 1 is 1.44 bits per heavy atom. The first-order chi connectivity index (χ1) is 7.72. The maximum Gasteiger partial charge on any atom is 0.316 e. The van der Waals surface area contributed by atoms with Crippen molar-refractivity contribution in [2.75, 3.05) is 13.7 Å². The lowest BCUT2D eigenvalue weighted by Gasteiger charge is -2.09. The summed E-state index contributed by atoms with van der Waals surface area (Å²) >= 11 is 0. The number of esters is 1. The summed E-state index contributed by atoms with van der Waals surface area (Å²) < 4.78 is 9.94. The highest BCUT2D eigenvalue weighted by Gasteiger charge is 2.31. The molecule has 0 N–H and O–H groups in total. The summed E-state index contributed by atoms with van der Waals surface area (Å²) in [6.07, 6.45) is 0.349. The fourth-order valence-corrected chi connectivity index (χ4v) is 1.75. The Bertz CT molecular complexity index is 425. The van der Waals surface area contributed by atoms with Crippen molar-refractivity contribution in [1.29, 1.82) is 0 Å². The first-order valence-corrected chi connectivity index (χ1v) is 5.03. The van der Waals surface area contributed by atoms with Crippen molar-refractivity contribution in [3.8, 4) is 5.75 Å². The zero-order valence-corrected chi connectivity index (χ0v) is 8.93. The summed E-state index contributed by atoms with van der Waals surface area (Å²) in [5.74, 6) is -0.802. The molecule has 4 heteroatoms. The third-order valence-electron chi connectivity index (χ3n) is 2.64. The van der Waals surface area contributed by atoms with Gasteiger partial charge < -0.3 is 9.47 Å². The number of carbonyl (C=O) groups is 2. The average molecular weight is 220 g/mol. The molecule has 16 heavy (non-hydrogen) atoms. The molecule has 0 saturated carbocycles. The Labute approximate surface area is 93.2 Å². The molecule has 84 valence electrons. The van der Waals surface area contributed by atoms with Crippen LogP contribution in [0.15, 0.2) is 24.3 Å². The zero-order valence-electron chi connectivity index (χ0n) is 8.93. The van der Waals surface area contributed by atoms with E-state index in [9.17, 15) is 9.59 Å². The van der Waals surface area contributed by atoms with Crippen molar-refractivity contribution in [3.05, 3.63) is 29.8 Å². The number of ether oxygens (including phenoxy) is 2. The highest BCUT2D eigenvalue weighted by Crippen LogP contribution is 2.25.